The van der Waals surface area contributed by atoms with Crippen LogP contribution in [0.15, 0.2) is 83.8 Å². The molecule has 1 aliphatic rings. The average molecular weight is 503 g/mol. The number of hydrogen-bond acceptors (Lipinski definition) is 7. The first-order chi connectivity index (χ1) is 18.5. The van der Waals surface area contributed by atoms with Crippen molar-refractivity contribution >= 4 is 28.2 Å². The molecular formula is C29H22N6O3. The lowest BCUT2D eigenvalue weighted by molar-refractivity contribution is 0.174. The topological polar surface area (TPSA) is 109 Å². The molecule has 2 aromatic heterocycles. The Morgan fingerprint density at radius 1 is 1.05 bits per heavy atom. The summed E-state index contributed by atoms with van der Waals surface area (Å²) < 4.78 is 12.7. The van der Waals surface area contributed by atoms with Gasteiger partial charge >= 0.3 is 0 Å². The average Bonchev–Trinajstić information content (AvgIpc) is 3.41. The fourth-order valence-corrected chi connectivity index (χ4v) is 4.70. The maximum atomic E-state index is 14.3. The van der Waals surface area contributed by atoms with Crippen molar-refractivity contribution in [1.82, 2.24) is 14.5 Å². The van der Waals surface area contributed by atoms with E-state index in [1.165, 1.54) is 6.20 Å². The van der Waals surface area contributed by atoms with Crippen molar-refractivity contribution < 1.29 is 9.47 Å². The van der Waals surface area contributed by atoms with Crippen LogP contribution < -0.4 is 26.1 Å². The van der Waals surface area contributed by atoms with Crippen LogP contribution in [-0.4, -0.2) is 21.3 Å². The first-order valence-electron chi connectivity index (χ1n) is 11.9. The Kier molecular flexibility index (Phi) is 5.62. The number of nitrogens with one attached hydrogen (secondary N) is 1. The van der Waals surface area contributed by atoms with Gasteiger partial charge in [0.25, 0.3) is 5.56 Å². The van der Waals surface area contributed by atoms with E-state index in [-0.39, 0.29) is 24.0 Å². The smallest absolute Gasteiger partial charge is 0.263 e. The Balaban J connectivity index is 1.56. The number of para-hydroxylation sites is 1. The maximum Gasteiger partial charge on any atom is 0.263 e. The predicted molar refractivity (Wildman–Crippen MR) is 146 cm³/mol. The minimum Gasteiger partial charge on any atom is -0.454 e. The molecule has 0 fully saturated rings. The number of benzene rings is 3. The number of fused-ring (bicyclic) bond motifs is 2. The van der Waals surface area contributed by atoms with Crippen LogP contribution in [0.1, 0.15) is 18.7 Å². The van der Waals surface area contributed by atoms with Crippen LogP contribution in [0, 0.1) is 6.57 Å². The highest BCUT2D eigenvalue weighted by molar-refractivity contribution is 5.97. The molecule has 38 heavy (non-hydrogen) atoms. The second-order valence-corrected chi connectivity index (χ2v) is 8.82. The van der Waals surface area contributed by atoms with Gasteiger partial charge in [-0.25, -0.2) is 14.8 Å². The molecule has 9 heteroatoms. The Hall–Kier alpha value is -5.36. The number of hydrogen-bond donors (Lipinski definition) is 2. The normalized spacial score (nSPS) is 12.7. The highest BCUT2D eigenvalue weighted by Crippen LogP contribution is 2.38. The third-order valence-corrected chi connectivity index (χ3v) is 6.48. The van der Waals surface area contributed by atoms with Crippen molar-refractivity contribution in [3.63, 3.8) is 0 Å². The van der Waals surface area contributed by atoms with Gasteiger partial charge in [0, 0.05) is 17.6 Å². The number of pyridine rings is 1. The second kappa shape index (κ2) is 9.26. The van der Waals surface area contributed by atoms with E-state index in [1.807, 2.05) is 79.7 Å². The van der Waals surface area contributed by atoms with Crippen molar-refractivity contribution in [1.29, 1.82) is 0 Å². The Bertz CT molecular complexity index is 1790. The van der Waals surface area contributed by atoms with Crippen molar-refractivity contribution in [2.24, 2.45) is 0 Å². The molecule has 186 valence electrons. The maximum absolute atomic E-state index is 14.3. The minimum atomic E-state index is -0.406. The lowest BCUT2D eigenvalue weighted by Gasteiger charge is -2.22. The minimum absolute atomic E-state index is 0.0550. The summed E-state index contributed by atoms with van der Waals surface area (Å²) in [5.74, 6) is 1.69. The van der Waals surface area contributed by atoms with Crippen molar-refractivity contribution in [2.45, 2.75) is 13.0 Å². The third-order valence-electron chi connectivity index (χ3n) is 6.48. The van der Waals surface area contributed by atoms with Gasteiger partial charge in [-0.15, -0.1) is 0 Å². The molecule has 9 nitrogen and oxygen atoms in total. The second-order valence-electron chi connectivity index (χ2n) is 8.82. The van der Waals surface area contributed by atoms with Crippen LogP contribution in [0.2, 0.25) is 0 Å². The quantitative estimate of drug-likeness (QED) is 0.306. The standard InChI is InChI=1S/C29H22N6O3/c1-17(33-27-22(31-2)15-32-29(30)34-27)23-13-19-7-6-10-21(18-11-12-24-25(14-18)38-16-37-24)26(19)28(36)35(23)20-8-4-3-5-9-20/h3-15,17H,16H2,1H3,(H3,30,32,33,34)/t17-/m0/s1. The van der Waals surface area contributed by atoms with E-state index in [2.05, 4.69) is 20.1 Å². The fraction of sp³-hybridized carbons (Fsp3) is 0.103. The van der Waals surface area contributed by atoms with Crippen molar-refractivity contribution in [2.75, 3.05) is 17.8 Å². The van der Waals surface area contributed by atoms with E-state index in [0.717, 1.165) is 22.2 Å². The number of nitrogens with zero attached hydrogens (tertiary/aromatic N) is 4. The van der Waals surface area contributed by atoms with Gasteiger partial charge in [0.05, 0.1) is 18.0 Å². The number of nitrogens with two attached hydrogens (primary N) is 1. The molecule has 6 rings (SSSR count). The third kappa shape index (κ3) is 3.94. The Morgan fingerprint density at radius 2 is 1.87 bits per heavy atom. The van der Waals surface area contributed by atoms with Crippen LogP contribution in [0.25, 0.3) is 32.4 Å². The molecule has 3 aromatic carbocycles. The van der Waals surface area contributed by atoms with E-state index in [4.69, 9.17) is 21.8 Å². The van der Waals surface area contributed by atoms with Gasteiger partial charge in [0.15, 0.2) is 11.5 Å². The molecule has 0 saturated heterocycles. The van der Waals surface area contributed by atoms with Gasteiger partial charge in [-0.3, -0.25) is 9.36 Å². The zero-order chi connectivity index (χ0) is 26.2. The largest absolute Gasteiger partial charge is 0.454 e. The molecule has 0 spiro atoms. The monoisotopic (exact) mass is 502 g/mol. The van der Waals surface area contributed by atoms with E-state index < -0.39 is 6.04 Å². The molecule has 3 heterocycles. The van der Waals surface area contributed by atoms with E-state index in [9.17, 15) is 4.79 Å². The molecule has 0 radical (unpaired) electrons. The zero-order valence-corrected chi connectivity index (χ0v) is 20.4. The molecule has 0 amide bonds. The summed E-state index contributed by atoms with van der Waals surface area (Å²) in [6.45, 7) is 9.55. The molecule has 1 atom stereocenters. The SMILES string of the molecule is [C-]#[N+]c1cnc(N)nc1N[C@@H](C)c1cc2cccc(-c3ccc4c(c3)OCO4)c2c(=O)n1-c1ccccc1. The van der Waals surface area contributed by atoms with Crippen LogP contribution in [0.4, 0.5) is 17.5 Å². The molecule has 0 aliphatic carbocycles. The summed E-state index contributed by atoms with van der Waals surface area (Å²) in [6, 6.07) is 22.5. The lowest BCUT2D eigenvalue weighted by atomic mass is 9.97. The van der Waals surface area contributed by atoms with Gasteiger partial charge in [-0.05, 0) is 53.8 Å². The summed E-state index contributed by atoms with van der Waals surface area (Å²) in [5, 5.41) is 4.63. The van der Waals surface area contributed by atoms with Crippen molar-refractivity contribution in [3.8, 4) is 28.3 Å². The Morgan fingerprint density at radius 3 is 2.68 bits per heavy atom. The van der Waals surface area contributed by atoms with Crippen LogP contribution >= 0.6 is 0 Å². The van der Waals surface area contributed by atoms with Gasteiger partial charge in [-0.2, -0.15) is 0 Å². The van der Waals surface area contributed by atoms with Crippen molar-refractivity contribution in [3.05, 3.63) is 106 Å². The van der Waals surface area contributed by atoms with Gasteiger partial charge in [-0.1, -0.05) is 42.5 Å². The molecule has 1 aliphatic heterocycles. The number of anilines is 2. The molecular weight excluding hydrogens is 480 g/mol. The van der Waals surface area contributed by atoms with Crippen LogP contribution in [-0.2, 0) is 0 Å². The molecule has 0 unspecified atom stereocenters. The van der Waals surface area contributed by atoms with Gasteiger partial charge in [0.2, 0.25) is 18.4 Å². The van der Waals surface area contributed by atoms with E-state index >= 15 is 0 Å². The highest BCUT2D eigenvalue weighted by atomic mass is 16.7. The number of ether oxygens (including phenoxy) is 2. The fourth-order valence-electron chi connectivity index (χ4n) is 4.70. The Labute approximate surface area is 217 Å². The van der Waals surface area contributed by atoms with Gasteiger partial charge in [0.1, 0.15) is 5.82 Å². The number of nitrogen functional groups attached to an aromatic ring is 1. The molecule has 0 bridgehead atoms. The van der Waals surface area contributed by atoms with E-state index in [0.29, 0.717) is 28.4 Å². The summed E-state index contributed by atoms with van der Waals surface area (Å²) >= 11 is 0. The van der Waals surface area contributed by atoms with E-state index in [1.54, 1.807) is 4.57 Å². The number of aromatic nitrogens is 3. The summed E-state index contributed by atoms with van der Waals surface area (Å²) in [5.41, 5.74) is 8.92. The first kappa shape index (κ1) is 23.1. The molecule has 3 N–H and O–H groups in total. The molecule has 5 aromatic rings. The summed E-state index contributed by atoms with van der Waals surface area (Å²) in [7, 11) is 0. The first-order valence-corrected chi connectivity index (χ1v) is 11.9. The summed E-state index contributed by atoms with van der Waals surface area (Å²) in [6.07, 6.45) is 1.38. The van der Waals surface area contributed by atoms with Gasteiger partial charge < -0.3 is 20.5 Å². The zero-order valence-electron chi connectivity index (χ0n) is 20.4. The highest BCUT2D eigenvalue weighted by Gasteiger charge is 2.21. The molecule has 0 saturated carbocycles. The number of rotatable bonds is 5. The predicted octanol–water partition coefficient (Wildman–Crippen LogP) is 5.48. The van der Waals surface area contributed by atoms with Crippen LogP contribution in [0.3, 0.4) is 0 Å². The van der Waals surface area contributed by atoms with Crippen LogP contribution in [0.5, 0.6) is 11.5 Å². The lowest BCUT2D eigenvalue weighted by Crippen LogP contribution is -2.26. The summed E-state index contributed by atoms with van der Waals surface area (Å²) in [4.78, 5) is 25.9.